The third-order valence-corrected chi connectivity index (χ3v) is 4.15. The van der Waals surface area contributed by atoms with Crippen LogP contribution in [0.4, 0.5) is 4.39 Å². The number of alkyl halides is 1. The molecule has 1 amide bonds. The van der Waals surface area contributed by atoms with Gasteiger partial charge >= 0.3 is 5.97 Å². The zero-order valence-corrected chi connectivity index (χ0v) is 13.4. The number of carbonyl (C=O) groups excluding carboxylic acids is 1. The Morgan fingerprint density at radius 3 is 2.48 bits per heavy atom. The molecular weight excluding hydrogens is 327 g/mol. The van der Waals surface area contributed by atoms with Crippen molar-refractivity contribution in [1.29, 1.82) is 0 Å². The summed E-state index contributed by atoms with van der Waals surface area (Å²) in [5.74, 6) is -1.32. The molecule has 1 aliphatic rings. The highest BCUT2D eigenvalue weighted by Crippen LogP contribution is 2.27. The number of carboxylic acids is 1. The van der Waals surface area contributed by atoms with Crippen LogP contribution in [-0.4, -0.2) is 45.6 Å². The summed E-state index contributed by atoms with van der Waals surface area (Å²) in [6, 6.07) is 10.2. The molecule has 3 rings (SSSR count). The highest BCUT2D eigenvalue weighted by atomic mass is 19.1. The number of likely N-dealkylation sites (tertiary alicyclic amines) is 1. The smallest absolute Gasteiger partial charge is 0.343 e. The Hall–Kier alpha value is -2.96. The van der Waals surface area contributed by atoms with Crippen LogP contribution in [0.1, 0.15) is 22.3 Å². The number of halogens is 1. The van der Waals surface area contributed by atoms with Crippen LogP contribution in [0.25, 0.3) is 0 Å². The predicted octanol–water partition coefficient (Wildman–Crippen LogP) is 2.30. The number of ether oxygens (including phenoxy) is 1. The Kier molecular flexibility index (Phi) is 4.65. The van der Waals surface area contributed by atoms with Gasteiger partial charge in [0.05, 0.1) is 6.54 Å². The lowest BCUT2D eigenvalue weighted by molar-refractivity contribution is -0.149. The molecule has 1 aromatic heterocycles. The van der Waals surface area contributed by atoms with Crippen molar-refractivity contribution in [3.05, 3.63) is 59.9 Å². The molecule has 0 radical (unpaired) electrons. The van der Waals surface area contributed by atoms with Gasteiger partial charge in [-0.3, -0.25) is 9.78 Å². The van der Waals surface area contributed by atoms with E-state index in [9.17, 15) is 14.0 Å². The first-order chi connectivity index (χ1) is 12.0. The largest absolute Gasteiger partial charge is 0.489 e. The van der Waals surface area contributed by atoms with Gasteiger partial charge in [0.15, 0.2) is 0 Å². The summed E-state index contributed by atoms with van der Waals surface area (Å²) in [5.41, 5.74) is -1.02. The summed E-state index contributed by atoms with van der Waals surface area (Å²) in [5, 5.41) is 8.90. The number of benzene rings is 1. The predicted molar refractivity (Wildman–Crippen MR) is 87.0 cm³/mol. The maximum Gasteiger partial charge on any atom is 0.343 e. The zero-order chi connectivity index (χ0) is 17.9. The maximum absolute atomic E-state index is 14.1. The van der Waals surface area contributed by atoms with Gasteiger partial charge in [-0.2, -0.15) is 0 Å². The summed E-state index contributed by atoms with van der Waals surface area (Å²) in [6.07, 6.45) is 3.16. The molecule has 1 N–H and O–H groups in total. The highest BCUT2D eigenvalue weighted by molar-refractivity contribution is 5.95. The molecular formula is C18H17FN2O4. The van der Waals surface area contributed by atoms with Crippen molar-refractivity contribution in [3.63, 3.8) is 0 Å². The van der Waals surface area contributed by atoms with E-state index in [4.69, 9.17) is 9.84 Å². The minimum absolute atomic E-state index is 0.0852. The lowest BCUT2D eigenvalue weighted by atomic mass is 10.1. The number of pyridine rings is 1. The van der Waals surface area contributed by atoms with Gasteiger partial charge in [-0.15, -0.1) is 0 Å². The number of carboxylic acid groups (broad SMARTS) is 1. The van der Waals surface area contributed by atoms with Crippen molar-refractivity contribution >= 4 is 11.9 Å². The van der Waals surface area contributed by atoms with Crippen molar-refractivity contribution < 1.29 is 23.8 Å². The Balaban J connectivity index is 1.60. The molecule has 1 aliphatic heterocycles. The van der Waals surface area contributed by atoms with Gasteiger partial charge in [0.25, 0.3) is 5.91 Å². The van der Waals surface area contributed by atoms with Gasteiger partial charge in [0.2, 0.25) is 5.67 Å². The van der Waals surface area contributed by atoms with Crippen LogP contribution in [-0.2, 0) is 11.4 Å². The second-order valence-electron chi connectivity index (χ2n) is 5.92. The van der Waals surface area contributed by atoms with Crippen molar-refractivity contribution in [1.82, 2.24) is 9.88 Å². The number of amides is 1. The van der Waals surface area contributed by atoms with Crippen LogP contribution < -0.4 is 4.74 Å². The van der Waals surface area contributed by atoms with Crippen LogP contribution in [0.5, 0.6) is 5.75 Å². The van der Waals surface area contributed by atoms with Gasteiger partial charge in [0.1, 0.15) is 12.4 Å². The summed E-state index contributed by atoms with van der Waals surface area (Å²) in [4.78, 5) is 28.4. The molecule has 1 fully saturated rings. The van der Waals surface area contributed by atoms with Gasteiger partial charge in [0, 0.05) is 30.9 Å². The molecule has 0 spiro atoms. The Bertz CT molecular complexity index is 766. The second kappa shape index (κ2) is 6.88. The summed E-state index contributed by atoms with van der Waals surface area (Å²) >= 11 is 0. The Morgan fingerprint density at radius 1 is 1.20 bits per heavy atom. The van der Waals surface area contributed by atoms with Crippen molar-refractivity contribution in [2.24, 2.45) is 0 Å². The first-order valence-electron chi connectivity index (χ1n) is 7.81. The monoisotopic (exact) mass is 344 g/mol. The molecule has 1 saturated heterocycles. The van der Waals surface area contributed by atoms with E-state index in [-0.39, 0.29) is 18.9 Å². The average molecular weight is 344 g/mol. The highest BCUT2D eigenvalue weighted by Gasteiger charge is 2.46. The maximum atomic E-state index is 14.1. The molecule has 1 aromatic carbocycles. The molecule has 130 valence electrons. The van der Waals surface area contributed by atoms with Gasteiger partial charge in [-0.05, 0) is 42.0 Å². The number of aromatic nitrogens is 1. The molecule has 0 aliphatic carbocycles. The van der Waals surface area contributed by atoms with E-state index in [1.807, 2.05) is 12.1 Å². The van der Waals surface area contributed by atoms with Gasteiger partial charge in [-0.1, -0.05) is 0 Å². The van der Waals surface area contributed by atoms with Crippen molar-refractivity contribution in [3.8, 4) is 5.75 Å². The number of hydrogen-bond donors (Lipinski definition) is 1. The first kappa shape index (κ1) is 16.9. The summed E-state index contributed by atoms with van der Waals surface area (Å²) < 4.78 is 19.7. The van der Waals surface area contributed by atoms with E-state index >= 15 is 0 Å². The van der Waals surface area contributed by atoms with E-state index in [1.165, 1.54) is 4.90 Å². The average Bonchev–Trinajstić information content (AvgIpc) is 3.04. The van der Waals surface area contributed by atoms with Crippen LogP contribution in [0.2, 0.25) is 0 Å². The number of nitrogens with zero attached hydrogens (tertiary/aromatic N) is 2. The molecule has 2 aromatic rings. The van der Waals surface area contributed by atoms with Crippen LogP contribution in [0.3, 0.4) is 0 Å². The molecule has 1 unspecified atom stereocenters. The third kappa shape index (κ3) is 3.76. The lowest BCUT2D eigenvalue weighted by Gasteiger charge is -2.18. The number of aliphatic carboxylic acids is 1. The number of carbonyl (C=O) groups is 2. The van der Waals surface area contributed by atoms with Gasteiger partial charge in [-0.25, -0.2) is 9.18 Å². The van der Waals surface area contributed by atoms with Crippen LogP contribution in [0, 0.1) is 0 Å². The quantitative estimate of drug-likeness (QED) is 0.900. The van der Waals surface area contributed by atoms with E-state index in [2.05, 4.69) is 4.98 Å². The minimum atomic E-state index is -2.36. The van der Waals surface area contributed by atoms with Gasteiger partial charge < -0.3 is 14.7 Å². The zero-order valence-electron chi connectivity index (χ0n) is 13.4. The first-order valence-corrected chi connectivity index (χ1v) is 7.81. The van der Waals surface area contributed by atoms with E-state index in [0.29, 0.717) is 17.9 Å². The standard InChI is InChI=1S/C18H17FN2O4/c19-18(17(23)24)7-10-21(12-18)16(22)14-1-3-15(4-2-14)25-11-13-5-8-20-9-6-13/h1-6,8-9H,7,10-12H2,(H,23,24). The Labute approximate surface area is 143 Å². The van der Waals surface area contributed by atoms with Crippen molar-refractivity contribution in [2.75, 3.05) is 13.1 Å². The summed E-state index contributed by atoms with van der Waals surface area (Å²) in [7, 11) is 0. The van der Waals surface area contributed by atoms with E-state index in [1.54, 1.807) is 36.7 Å². The number of rotatable bonds is 5. The fourth-order valence-electron chi connectivity index (χ4n) is 2.64. The fourth-order valence-corrected chi connectivity index (χ4v) is 2.64. The molecule has 0 saturated carbocycles. The van der Waals surface area contributed by atoms with Crippen molar-refractivity contribution in [2.45, 2.75) is 18.7 Å². The number of hydrogen-bond acceptors (Lipinski definition) is 4. The molecule has 2 heterocycles. The lowest BCUT2D eigenvalue weighted by Crippen LogP contribution is -2.38. The van der Waals surface area contributed by atoms with E-state index < -0.39 is 18.2 Å². The normalized spacial score (nSPS) is 19.6. The third-order valence-electron chi connectivity index (χ3n) is 4.15. The minimum Gasteiger partial charge on any atom is -0.489 e. The molecule has 6 nitrogen and oxygen atoms in total. The molecule has 25 heavy (non-hydrogen) atoms. The van der Waals surface area contributed by atoms with E-state index in [0.717, 1.165) is 5.56 Å². The van der Waals surface area contributed by atoms with Crippen LogP contribution >= 0.6 is 0 Å². The second-order valence-corrected chi connectivity index (χ2v) is 5.92. The fraction of sp³-hybridized carbons (Fsp3) is 0.278. The molecule has 1 atom stereocenters. The molecule has 7 heteroatoms. The summed E-state index contributed by atoms with van der Waals surface area (Å²) in [6.45, 7) is 0.0360. The Morgan fingerprint density at radius 2 is 1.88 bits per heavy atom. The SMILES string of the molecule is O=C(c1ccc(OCc2ccncc2)cc1)N1CCC(F)(C(=O)O)C1. The topological polar surface area (TPSA) is 79.7 Å². The molecule has 0 bridgehead atoms. The van der Waals surface area contributed by atoms with Crippen LogP contribution in [0.15, 0.2) is 48.8 Å².